The SMILES string of the molecule is CNC(C(=O)NC(C(=O)N(C)C(/C=C(\C)C=O)C(C)C)C(C)(C)C)C(C)(C)c1ccccc1. The lowest BCUT2D eigenvalue weighted by Crippen LogP contribution is -2.61. The van der Waals surface area contributed by atoms with Gasteiger partial charge in [-0.05, 0) is 36.4 Å². The van der Waals surface area contributed by atoms with Crippen LogP contribution in [0.25, 0.3) is 0 Å². The third-order valence-corrected chi connectivity index (χ3v) is 6.29. The van der Waals surface area contributed by atoms with Gasteiger partial charge < -0.3 is 15.5 Å². The van der Waals surface area contributed by atoms with Crippen molar-refractivity contribution in [1.82, 2.24) is 15.5 Å². The Morgan fingerprint density at radius 3 is 1.97 bits per heavy atom. The molecule has 33 heavy (non-hydrogen) atoms. The largest absolute Gasteiger partial charge is 0.342 e. The second-order valence-corrected chi connectivity index (χ2v) is 10.8. The molecule has 0 heterocycles. The molecule has 3 unspecified atom stereocenters. The number of carbonyl (C=O) groups excluding carboxylic acids is 3. The van der Waals surface area contributed by atoms with Crippen molar-refractivity contribution in [3.05, 3.63) is 47.5 Å². The summed E-state index contributed by atoms with van der Waals surface area (Å²) in [6, 6.07) is 8.34. The molecule has 0 saturated carbocycles. The number of hydrogen-bond acceptors (Lipinski definition) is 4. The number of amides is 2. The Hall–Kier alpha value is -2.47. The second kappa shape index (κ2) is 11.6. The topological polar surface area (TPSA) is 78.5 Å². The van der Waals surface area contributed by atoms with Crippen molar-refractivity contribution in [2.24, 2.45) is 11.3 Å². The zero-order valence-electron chi connectivity index (χ0n) is 22.0. The van der Waals surface area contributed by atoms with Gasteiger partial charge in [-0.2, -0.15) is 0 Å². The van der Waals surface area contributed by atoms with Gasteiger partial charge in [-0.15, -0.1) is 0 Å². The minimum Gasteiger partial charge on any atom is -0.342 e. The smallest absolute Gasteiger partial charge is 0.245 e. The molecule has 1 aromatic carbocycles. The molecule has 2 N–H and O–H groups in total. The lowest BCUT2D eigenvalue weighted by Gasteiger charge is -2.39. The number of aldehydes is 1. The average Bonchev–Trinajstić information content (AvgIpc) is 2.74. The van der Waals surface area contributed by atoms with E-state index in [-0.39, 0.29) is 23.8 Å². The Balaban J connectivity index is 3.27. The molecule has 0 bridgehead atoms. The number of carbonyl (C=O) groups is 3. The first-order valence-electron chi connectivity index (χ1n) is 11.6. The van der Waals surface area contributed by atoms with Gasteiger partial charge in [0.25, 0.3) is 0 Å². The summed E-state index contributed by atoms with van der Waals surface area (Å²) in [7, 11) is 3.49. The van der Waals surface area contributed by atoms with E-state index in [0.29, 0.717) is 5.57 Å². The molecule has 184 valence electrons. The Morgan fingerprint density at radius 1 is 1.00 bits per heavy atom. The molecule has 0 fully saturated rings. The lowest BCUT2D eigenvalue weighted by molar-refractivity contribution is -0.140. The van der Waals surface area contributed by atoms with Crippen LogP contribution in [0.2, 0.25) is 0 Å². The summed E-state index contributed by atoms with van der Waals surface area (Å²) in [4.78, 5) is 40.0. The fraction of sp³-hybridized carbons (Fsp3) is 0.593. The van der Waals surface area contributed by atoms with E-state index in [9.17, 15) is 14.4 Å². The molecule has 0 aliphatic carbocycles. The predicted molar refractivity (Wildman–Crippen MR) is 135 cm³/mol. The summed E-state index contributed by atoms with van der Waals surface area (Å²) in [5.74, 6) is -0.308. The molecule has 0 saturated heterocycles. The van der Waals surface area contributed by atoms with Crippen LogP contribution in [0.5, 0.6) is 0 Å². The van der Waals surface area contributed by atoms with Gasteiger partial charge in [0.1, 0.15) is 12.3 Å². The first kappa shape index (κ1) is 28.6. The van der Waals surface area contributed by atoms with Crippen molar-refractivity contribution in [1.29, 1.82) is 0 Å². The Kier molecular flexibility index (Phi) is 10.0. The van der Waals surface area contributed by atoms with Gasteiger partial charge in [0.15, 0.2) is 0 Å². The van der Waals surface area contributed by atoms with Crippen LogP contribution in [0, 0.1) is 11.3 Å². The third kappa shape index (κ3) is 7.26. The van der Waals surface area contributed by atoms with Crippen LogP contribution in [0.3, 0.4) is 0 Å². The van der Waals surface area contributed by atoms with E-state index in [1.54, 1.807) is 25.9 Å². The second-order valence-electron chi connectivity index (χ2n) is 10.8. The van der Waals surface area contributed by atoms with Crippen LogP contribution in [0.1, 0.15) is 61.0 Å². The molecule has 6 heteroatoms. The van der Waals surface area contributed by atoms with Gasteiger partial charge in [-0.1, -0.05) is 84.9 Å². The maximum Gasteiger partial charge on any atom is 0.245 e. The third-order valence-electron chi connectivity index (χ3n) is 6.29. The quantitative estimate of drug-likeness (QED) is 0.415. The van der Waals surface area contributed by atoms with Gasteiger partial charge in [0.2, 0.25) is 11.8 Å². The van der Waals surface area contributed by atoms with Gasteiger partial charge in [-0.25, -0.2) is 0 Å². The number of hydrogen-bond donors (Lipinski definition) is 2. The van der Waals surface area contributed by atoms with Crippen molar-refractivity contribution in [3.8, 4) is 0 Å². The van der Waals surface area contributed by atoms with Crippen molar-refractivity contribution in [2.45, 2.75) is 78.9 Å². The summed E-state index contributed by atoms with van der Waals surface area (Å²) in [5.41, 5.74) is 0.595. The van der Waals surface area contributed by atoms with Crippen molar-refractivity contribution < 1.29 is 14.4 Å². The highest BCUT2D eigenvalue weighted by Gasteiger charge is 2.41. The zero-order chi connectivity index (χ0) is 25.6. The predicted octanol–water partition coefficient (Wildman–Crippen LogP) is 3.71. The summed E-state index contributed by atoms with van der Waals surface area (Å²) >= 11 is 0. The Morgan fingerprint density at radius 2 is 1.55 bits per heavy atom. The minimum absolute atomic E-state index is 0.104. The van der Waals surface area contributed by atoms with E-state index in [0.717, 1.165) is 11.8 Å². The molecule has 1 aromatic rings. The molecule has 2 amide bonds. The highest BCUT2D eigenvalue weighted by Crippen LogP contribution is 2.29. The highest BCUT2D eigenvalue weighted by atomic mass is 16.2. The Bertz CT molecular complexity index is 838. The van der Waals surface area contributed by atoms with E-state index >= 15 is 0 Å². The van der Waals surface area contributed by atoms with Crippen LogP contribution in [0.4, 0.5) is 0 Å². The first-order chi connectivity index (χ1) is 15.2. The molecule has 0 aliphatic rings. The highest BCUT2D eigenvalue weighted by molar-refractivity contribution is 5.91. The summed E-state index contributed by atoms with van der Waals surface area (Å²) < 4.78 is 0. The van der Waals surface area contributed by atoms with E-state index in [1.807, 2.05) is 84.9 Å². The van der Waals surface area contributed by atoms with Crippen LogP contribution < -0.4 is 10.6 Å². The molecule has 0 radical (unpaired) electrons. The van der Waals surface area contributed by atoms with Crippen molar-refractivity contribution in [3.63, 3.8) is 0 Å². The molecule has 6 nitrogen and oxygen atoms in total. The average molecular weight is 458 g/mol. The van der Waals surface area contributed by atoms with Gasteiger partial charge in [0, 0.05) is 12.5 Å². The minimum atomic E-state index is -0.733. The van der Waals surface area contributed by atoms with Crippen LogP contribution in [0.15, 0.2) is 42.0 Å². The van der Waals surface area contributed by atoms with E-state index in [4.69, 9.17) is 0 Å². The lowest BCUT2D eigenvalue weighted by atomic mass is 9.76. The fourth-order valence-electron chi connectivity index (χ4n) is 4.14. The number of rotatable bonds is 10. The van der Waals surface area contributed by atoms with Gasteiger partial charge in [-0.3, -0.25) is 14.4 Å². The first-order valence-corrected chi connectivity index (χ1v) is 11.6. The summed E-state index contributed by atoms with van der Waals surface area (Å²) in [5, 5.41) is 6.20. The van der Waals surface area contributed by atoms with Crippen LogP contribution >= 0.6 is 0 Å². The molecule has 0 aliphatic heterocycles. The maximum absolute atomic E-state index is 13.6. The van der Waals surface area contributed by atoms with Crippen molar-refractivity contribution >= 4 is 18.1 Å². The zero-order valence-corrected chi connectivity index (χ0v) is 22.0. The number of likely N-dealkylation sites (N-methyl/N-ethyl adjacent to an activating group) is 2. The molecular formula is C27H43N3O3. The Labute approximate surface area is 200 Å². The fourth-order valence-corrected chi connectivity index (χ4v) is 4.14. The molecule has 0 spiro atoms. The van der Waals surface area contributed by atoms with Crippen molar-refractivity contribution in [2.75, 3.05) is 14.1 Å². The van der Waals surface area contributed by atoms with Gasteiger partial charge in [0.05, 0.1) is 12.1 Å². The molecule has 1 rings (SSSR count). The summed E-state index contributed by atoms with van der Waals surface area (Å²) in [6.07, 6.45) is 2.60. The maximum atomic E-state index is 13.6. The van der Waals surface area contributed by atoms with Crippen LogP contribution in [-0.2, 0) is 19.8 Å². The van der Waals surface area contributed by atoms with E-state index in [2.05, 4.69) is 10.6 Å². The summed E-state index contributed by atoms with van der Waals surface area (Å²) in [6.45, 7) is 15.6. The molecule has 3 atom stereocenters. The van der Waals surface area contributed by atoms with Crippen LogP contribution in [-0.4, -0.2) is 55.2 Å². The molecule has 0 aromatic heterocycles. The number of allylic oxidation sites excluding steroid dienone is 1. The molecular weight excluding hydrogens is 414 g/mol. The van der Waals surface area contributed by atoms with Gasteiger partial charge >= 0.3 is 0 Å². The number of nitrogens with zero attached hydrogens (tertiary/aromatic N) is 1. The number of nitrogens with one attached hydrogen (secondary N) is 2. The monoisotopic (exact) mass is 457 g/mol. The van der Waals surface area contributed by atoms with E-state index in [1.165, 1.54) is 0 Å². The standard InChI is InChI=1S/C27H43N3O3/c1-18(2)21(16-19(3)17-31)30(10)25(33)23(26(4,5)6)29-24(32)22(28-9)27(7,8)20-14-12-11-13-15-20/h11-18,21-23,28H,1-10H3,(H,29,32)/b19-16+. The normalized spacial score (nSPS) is 15.5. The number of benzene rings is 1. The van der Waals surface area contributed by atoms with E-state index < -0.39 is 22.9 Å².